The van der Waals surface area contributed by atoms with Crippen LogP contribution in [0.4, 0.5) is 0 Å². The fourth-order valence-corrected chi connectivity index (χ4v) is 1.72. The number of carbonyl (C=O) groups is 3. The predicted molar refractivity (Wildman–Crippen MR) is 94.0 cm³/mol. The van der Waals surface area contributed by atoms with Gasteiger partial charge in [-0.1, -0.05) is 19.7 Å². The molecule has 0 aliphatic carbocycles. The summed E-state index contributed by atoms with van der Waals surface area (Å²) in [5, 5.41) is 29.4. The van der Waals surface area contributed by atoms with Crippen LogP contribution < -0.4 is 0 Å². The predicted octanol–water partition coefficient (Wildman–Crippen LogP) is 0.00390. The summed E-state index contributed by atoms with van der Waals surface area (Å²) in [5.74, 6) is -5.63. The van der Waals surface area contributed by atoms with Crippen molar-refractivity contribution in [2.75, 3.05) is 26.4 Å². The summed E-state index contributed by atoms with van der Waals surface area (Å²) in [4.78, 5) is 36.1. The van der Waals surface area contributed by atoms with Crippen molar-refractivity contribution in [2.24, 2.45) is 5.41 Å². The van der Waals surface area contributed by atoms with E-state index in [-0.39, 0.29) is 16.7 Å². The molecule has 0 saturated carbocycles. The zero-order valence-electron chi connectivity index (χ0n) is 15.7. The maximum absolute atomic E-state index is 12.1. The fourth-order valence-electron chi connectivity index (χ4n) is 1.72. The van der Waals surface area contributed by atoms with Crippen LogP contribution in [0.3, 0.4) is 0 Å². The van der Waals surface area contributed by atoms with E-state index in [1.807, 2.05) is 0 Å². The van der Waals surface area contributed by atoms with E-state index in [1.54, 1.807) is 0 Å². The maximum atomic E-state index is 12.1. The van der Waals surface area contributed by atoms with Crippen molar-refractivity contribution >= 4 is 17.9 Å². The van der Waals surface area contributed by atoms with Gasteiger partial charge in [0.2, 0.25) is 0 Å². The smallest absolute Gasteiger partial charge is 0.336 e. The minimum atomic E-state index is -2.57. The molecule has 0 radical (unpaired) electrons. The molecule has 0 amide bonds. The molecule has 0 unspecified atom stereocenters. The minimum Gasteiger partial charge on any atom is -0.454 e. The molecule has 0 saturated heterocycles. The molecule has 0 aromatic heterocycles. The average Bonchev–Trinajstić information content (AvgIpc) is 2.60. The van der Waals surface area contributed by atoms with E-state index >= 15 is 0 Å². The Bertz CT molecular complexity index is 592. The second kappa shape index (κ2) is 10.0. The lowest BCUT2D eigenvalue weighted by Gasteiger charge is -2.44. The number of aliphatic hydroxyl groups excluding tert-OH is 3. The Balaban J connectivity index is 6.39. The summed E-state index contributed by atoms with van der Waals surface area (Å²) in [6.07, 6.45) is 0. The summed E-state index contributed by atoms with van der Waals surface area (Å²) < 4.78 is 15.3. The van der Waals surface area contributed by atoms with Crippen LogP contribution in [0.15, 0.2) is 36.5 Å². The Labute approximate surface area is 157 Å². The maximum Gasteiger partial charge on any atom is 0.336 e. The lowest BCUT2D eigenvalue weighted by atomic mass is 9.81. The second-order valence-electron chi connectivity index (χ2n) is 6.20. The normalized spacial score (nSPS) is 11.3. The highest BCUT2D eigenvalue weighted by Gasteiger charge is 2.59. The summed E-state index contributed by atoms with van der Waals surface area (Å²) in [6.45, 7) is 10.2. The molecule has 9 heteroatoms. The van der Waals surface area contributed by atoms with Crippen LogP contribution in [0.2, 0.25) is 0 Å². The molecule has 0 fully saturated rings. The van der Waals surface area contributed by atoms with Crippen molar-refractivity contribution in [1.29, 1.82) is 0 Å². The van der Waals surface area contributed by atoms with Gasteiger partial charge in [-0.15, -0.1) is 0 Å². The van der Waals surface area contributed by atoms with E-state index in [1.165, 1.54) is 20.8 Å². The number of hydrogen-bond donors (Lipinski definition) is 3. The molecular formula is C18H26O9. The van der Waals surface area contributed by atoms with Crippen molar-refractivity contribution in [3.05, 3.63) is 36.5 Å². The van der Waals surface area contributed by atoms with Crippen molar-refractivity contribution in [3.63, 3.8) is 0 Å². The molecule has 0 bridgehead atoms. The van der Waals surface area contributed by atoms with Gasteiger partial charge < -0.3 is 29.5 Å². The van der Waals surface area contributed by atoms with Crippen LogP contribution in [0.1, 0.15) is 20.8 Å². The largest absolute Gasteiger partial charge is 0.454 e. The molecule has 0 aromatic rings. The van der Waals surface area contributed by atoms with Gasteiger partial charge in [0, 0.05) is 16.7 Å². The lowest BCUT2D eigenvalue weighted by Crippen LogP contribution is -2.63. The van der Waals surface area contributed by atoms with Gasteiger partial charge in [-0.3, -0.25) is 0 Å². The highest BCUT2D eigenvalue weighted by Crippen LogP contribution is 2.37. The first-order valence-corrected chi connectivity index (χ1v) is 7.85. The first-order chi connectivity index (χ1) is 12.4. The standard InChI is InChI=1S/C18H26O9/c1-11(2)14(22)25-10-18(26-15(23)12(3)4,27-16(24)13(5)6)17(7-19,8-20)9-21/h19-21H,1,3,5,7-10H2,2,4,6H3. The number of rotatable bonds is 11. The van der Waals surface area contributed by atoms with Gasteiger partial charge in [0.15, 0.2) is 6.61 Å². The number of hydrogen-bond acceptors (Lipinski definition) is 9. The van der Waals surface area contributed by atoms with Crippen LogP contribution in [0, 0.1) is 5.41 Å². The summed E-state index contributed by atoms with van der Waals surface area (Å²) >= 11 is 0. The number of carbonyl (C=O) groups excluding carboxylic acids is 3. The summed E-state index contributed by atoms with van der Waals surface area (Å²) in [5.41, 5.74) is -2.35. The molecule has 152 valence electrons. The Kier molecular flexibility index (Phi) is 9.08. The topological polar surface area (TPSA) is 140 Å². The molecule has 9 nitrogen and oxygen atoms in total. The van der Waals surface area contributed by atoms with E-state index in [0.29, 0.717) is 0 Å². The third-order valence-corrected chi connectivity index (χ3v) is 3.67. The molecule has 0 aliphatic heterocycles. The van der Waals surface area contributed by atoms with E-state index < -0.39 is 55.5 Å². The SMILES string of the molecule is C=C(C)C(=O)OCC(OC(=O)C(=C)C)(OC(=O)C(=C)C)C(CO)(CO)CO. The van der Waals surface area contributed by atoms with Crippen LogP contribution in [-0.2, 0) is 28.6 Å². The summed E-state index contributed by atoms with van der Waals surface area (Å²) in [7, 11) is 0. The monoisotopic (exact) mass is 386 g/mol. The van der Waals surface area contributed by atoms with Gasteiger partial charge in [-0.2, -0.15) is 0 Å². The molecule has 0 heterocycles. The van der Waals surface area contributed by atoms with Gasteiger partial charge in [-0.05, 0) is 20.8 Å². The molecular weight excluding hydrogens is 360 g/mol. The zero-order chi connectivity index (χ0) is 21.4. The molecule has 0 aliphatic rings. The van der Waals surface area contributed by atoms with Crippen LogP contribution in [0.5, 0.6) is 0 Å². The quantitative estimate of drug-likeness (QED) is 0.254. The Morgan fingerprint density at radius 3 is 1.33 bits per heavy atom. The third kappa shape index (κ3) is 5.75. The van der Waals surface area contributed by atoms with Crippen molar-refractivity contribution in [2.45, 2.75) is 26.6 Å². The van der Waals surface area contributed by atoms with Crippen molar-refractivity contribution < 1.29 is 43.9 Å². The second-order valence-corrected chi connectivity index (χ2v) is 6.20. The Morgan fingerprint density at radius 2 is 1.07 bits per heavy atom. The van der Waals surface area contributed by atoms with E-state index in [2.05, 4.69) is 19.7 Å². The highest BCUT2D eigenvalue weighted by atomic mass is 16.8. The minimum absolute atomic E-state index is 0.0102. The Morgan fingerprint density at radius 1 is 0.741 bits per heavy atom. The van der Waals surface area contributed by atoms with Gasteiger partial charge >= 0.3 is 23.7 Å². The third-order valence-electron chi connectivity index (χ3n) is 3.67. The Hall–Kier alpha value is -2.49. The van der Waals surface area contributed by atoms with E-state index in [4.69, 9.17) is 14.2 Å². The van der Waals surface area contributed by atoms with Gasteiger partial charge in [0.25, 0.3) is 0 Å². The molecule has 3 N–H and O–H groups in total. The zero-order valence-corrected chi connectivity index (χ0v) is 15.7. The van der Waals surface area contributed by atoms with Crippen molar-refractivity contribution in [1.82, 2.24) is 0 Å². The van der Waals surface area contributed by atoms with Crippen LogP contribution in [0.25, 0.3) is 0 Å². The van der Waals surface area contributed by atoms with Gasteiger partial charge in [-0.25, -0.2) is 14.4 Å². The molecule has 0 atom stereocenters. The molecule has 0 aromatic carbocycles. The fraction of sp³-hybridized carbons (Fsp3) is 0.500. The molecule has 0 spiro atoms. The number of ether oxygens (including phenoxy) is 3. The van der Waals surface area contributed by atoms with Crippen LogP contribution >= 0.6 is 0 Å². The number of esters is 3. The average molecular weight is 386 g/mol. The van der Waals surface area contributed by atoms with Crippen LogP contribution in [-0.4, -0.2) is 65.4 Å². The van der Waals surface area contributed by atoms with Gasteiger partial charge in [0.05, 0.1) is 19.8 Å². The van der Waals surface area contributed by atoms with Gasteiger partial charge in [0.1, 0.15) is 5.41 Å². The first-order valence-electron chi connectivity index (χ1n) is 7.85. The molecule has 27 heavy (non-hydrogen) atoms. The van der Waals surface area contributed by atoms with E-state index in [0.717, 1.165) is 0 Å². The highest BCUT2D eigenvalue weighted by molar-refractivity contribution is 5.89. The molecule has 0 rings (SSSR count). The van der Waals surface area contributed by atoms with Crippen molar-refractivity contribution in [3.8, 4) is 0 Å². The number of aliphatic hydroxyl groups is 3. The lowest BCUT2D eigenvalue weighted by molar-refractivity contribution is -0.303. The summed E-state index contributed by atoms with van der Waals surface area (Å²) in [6, 6.07) is 0. The first kappa shape index (κ1) is 24.5. The van der Waals surface area contributed by atoms with E-state index in [9.17, 15) is 29.7 Å².